The summed E-state index contributed by atoms with van der Waals surface area (Å²) >= 11 is 0. The third-order valence-electron chi connectivity index (χ3n) is 1.70. The Hall–Kier alpha value is -1.85. The Bertz CT molecular complexity index is 300. The van der Waals surface area contributed by atoms with Crippen LogP contribution in [0.4, 0.5) is 0 Å². The predicted molar refractivity (Wildman–Crippen MR) is 59.8 cm³/mol. The van der Waals surface area contributed by atoms with Crippen LogP contribution in [0.5, 0.6) is 0 Å². The molecule has 0 aliphatic rings. The summed E-state index contributed by atoms with van der Waals surface area (Å²) in [7, 11) is 0. The summed E-state index contributed by atoms with van der Waals surface area (Å²) in [5, 5.41) is 0. The number of rotatable bonds is 7. The lowest BCUT2D eigenvalue weighted by Gasteiger charge is -2.06. The number of hydrogen-bond donors (Lipinski definition) is 1. The fourth-order valence-corrected chi connectivity index (χ4v) is 1.16. The molecule has 17 heavy (non-hydrogen) atoms. The van der Waals surface area contributed by atoms with Crippen LogP contribution in [-0.2, 0) is 23.9 Å². The number of carbonyl (C=O) groups is 3. The molecule has 0 rings (SSSR count). The molecular weight excluding hydrogens is 226 g/mol. The second-order valence-corrected chi connectivity index (χ2v) is 3.17. The van der Waals surface area contributed by atoms with E-state index in [9.17, 15) is 14.4 Å². The highest BCUT2D eigenvalue weighted by Gasteiger charge is 2.13. The molecule has 0 aliphatic heterocycles. The van der Waals surface area contributed by atoms with Crippen molar-refractivity contribution in [3.8, 4) is 0 Å². The number of hydrogen-bond acceptors (Lipinski definition) is 5. The number of primary amides is 1. The Morgan fingerprint density at radius 3 is 1.71 bits per heavy atom. The van der Waals surface area contributed by atoms with Gasteiger partial charge < -0.3 is 15.2 Å². The van der Waals surface area contributed by atoms with Crippen LogP contribution in [0.1, 0.15) is 26.7 Å². The highest BCUT2D eigenvalue weighted by molar-refractivity contribution is 5.89. The standard InChI is InChI=1S/C11H17NO5/c1-3-16-10(14)6-8(5-9(12)13)7-11(15)17-4-2/h5H,3-4,6-7H2,1-2H3,(H2,12,13). The first kappa shape index (κ1) is 15.2. The number of carbonyl (C=O) groups excluding carboxylic acids is 3. The Morgan fingerprint density at radius 1 is 1.00 bits per heavy atom. The van der Waals surface area contributed by atoms with E-state index in [1.165, 1.54) is 0 Å². The maximum Gasteiger partial charge on any atom is 0.309 e. The van der Waals surface area contributed by atoms with Crippen LogP contribution in [0.3, 0.4) is 0 Å². The first-order chi connectivity index (χ1) is 7.99. The van der Waals surface area contributed by atoms with E-state index in [2.05, 4.69) is 0 Å². The van der Waals surface area contributed by atoms with Crippen molar-refractivity contribution in [1.29, 1.82) is 0 Å². The smallest absolute Gasteiger partial charge is 0.309 e. The van der Waals surface area contributed by atoms with Crippen molar-refractivity contribution in [3.63, 3.8) is 0 Å². The van der Waals surface area contributed by atoms with Gasteiger partial charge in [0.2, 0.25) is 5.91 Å². The van der Waals surface area contributed by atoms with Crippen LogP contribution in [-0.4, -0.2) is 31.1 Å². The lowest BCUT2D eigenvalue weighted by molar-refractivity contribution is -0.143. The lowest BCUT2D eigenvalue weighted by atomic mass is 10.1. The molecule has 0 unspecified atom stereocenters. The molecule has 0 aromatic rings. The highest BCUT2D eigenvalue weighted by Crippen LogP contribution is 2.09. The predicted octanol–water partition coefficient (Wildman–Crippen LogP) is 0.304. The van der Waals surface area contributed by atoms with Gasteiger partial charge in [-0.15, -0.1) is 0 Å². The van der Waals surface area contributed by atoms with Crippen molar-refractivity contribution < 1.29 is 23.9 Å². The Balaban J connectivity index is 4.50. The van der Waals surface area contributed by atoms with Crippen molar-refractivity contribution in [2.75, 3.05) is 13.2 Å². The van der Waals surface area contributed by atoms with Gasteiger partial charge in [0.15, 0.2) is 0 Å². The Kier molecular flexibility index (Phi) is 7.41. The number of ether oxygens (including phenoxy) is 2. The van der Waals surface area contributed by atoms with Gasteiger partial charge in [-0.3, -0.25) is 14.4 Å². The van der Waals surface area contributed by atoms with Gasteiger partial charge in [0.05, 0.1) is 26.1 Å². The van der Waals surface area contributed by atoms with E-state index in [4.69, 9.17) is 15.2 Å². The summed E-state index contributed by atoms with van der Waals surface area (Å²) in [6.07, 6.45) is 0.763. The summed E-state index contributed by atoms with van der Waals surface area (Å²) in [4.78, 5) is 33.1. The molecule has 0 aromatic heterocycles. The average molecular weight is 243 g/mol. The van der Waals surface area contributed by atoms with Crippen molar-refractivity contribution in [3.05, 3.63) is 11.6 Å². The monoisotopic (exact) mass is 243 g/mol. The average Bonchev–Trinajstić information content (AvgIpc) is 2.16. The topological polar surface area (TPSA) is 95.7 Å². The van der Waals surface area contributed by atoms with Crippen LogP contribution in [0.25, 0.3) is 0 Å². The number of esters is 2. The molecule has 6 heteroatoms. The highest BCUT2D eigenvalue weighted by atomic mass is 16.5. The van der Waals surface area contributed by atoms with Gasteiger partial charge in [-0.25, -0.2) is 0 Å². The molecule has 96 valence electrons. The Labute approximate surface area is 99.8 Å². The van der Waals surface area contributed by atoms with Gasteiger partial charge in [-0.1, -0.05) is 0 Å². The normalized spacial score (nSPS) is 9.29. The molecule has 0 bridgehead atoms. The van der Waals surface area contributed by atoms with Crippen LogP contribution in [0.15, 0.2) is 11.6 Å². The SMILES string of the molecule is CCOC(=O)CC(=CC(N)=O)CC(=O)OCC. The molecule has 0 saturated carbocycles. The molecule has 0 aromatic carbocycles. The van der Waals surface area contributed by atoms with E-state index < -0.39 is 17.8 Å². The maximum atomic E-state index is 11.2. The summed E-state index contributed by atoms with van der Waals surface area (Å²) in [6.45, 7) is 3.81. The quantitative estimate of drug-likeness (QED) is 0.512. The zero-order valence-electron chi connectivity index (χ0n) is 10.0. The van der Waals surface area contributed by atoms with Crippen molar-refractivity contribution in [2.24, 2.45) is 5.73 Å². The van der Waals surface area contributed by atoms with E-state index in [1.54, 1.807) is 13.8 Å². The summed E-state index contributed by atoms with van der Waals surface area (Å²) in [6, 6.07) is 0. The van der Waals surface area contributed by atoms with E-state index >= 15 is 0 Å². The summed E-state index contributed by atoms with van der Waals surface area (Å²) in [5.41, 5.74) is 5.26. The Morgan fingerprint density at radius 2 is 1.41 bits per heavy atom. The van der Waals surface area contributed by atoms with Gasteiger partial charge in [-0.05, 0) is 19.4 Å². The number of nitrogens with two attached hydrogens (primary N) is 1. The largest absolute Gasteiger partial charge is 0.466 e. The van der Waals surface area contributed by atoms with Crippen molar-refractivity contribution in [2.45, 2.75) is 26.7 Å². The van der Waals surface area contributed by atoms with Gasteiger partial charge >= 0.3 is 11.9 Å². The van der Waals surface area contributed by atoms with Gasteiger partial charge in [0.1, 0.15) is 0 Å². The maximum absolute atomic E-state index is 11.2. The summed E-state index contributed by atoms with van der Waals surface area (Å²) in [5.74, 6) is -1.73. The molecule has 1 amide bonds. The second kappa shape index (κ2) is 8.32. The molecular formula is C11H17NO5. The number of amides is 1. The van der Waals surface area contributed by atoms with Crippen molar-refractivity contribution in [1.82, 2.24) is 0 Å². The third-order valence-corrected chi connectivity index (χ3v) is 1.70. The minimum absolute atomic E-state index is 0.143. The molecule has 0 atom stereocenters. The van der Waals surface area contributed by atoms with Crippen LogP contribution in [0, 0.1) is 0 Å². The molecule has 6 nitrogen and oxygen atoms in total. The van der Waals surface area contributed by atoms with E-state index in [0.29, 0.717) is 0 Å². The molecule has 0 heterocycles. The molecule has 0 radical (unpaired) electrons. The van der Waals surface area contributed by atoms with Gasteiger partial charge in [-0.2, -0.15) is 0 Å². The molecule has 0 spiro atoms. The van der Waals surface area contributed by atoms with Crippen molar-refractivity contribution >= 4 is 17.8 Å². The van der Waals surface area contributed by atoms with Crippen LogP contribution in [0.2, 0.25) is 0 Å². The van der Waals surface area contributed by atoms with Crippen LogP contribution < -0.4 is 5.73 Å². The molecule has 0 fully saturated rings. The lowest BCUT2D eigenvalue weighted by Crippen LogP contribution is -2.14. The second-order valence-electron chi connectivity index (χ2n) is 3.17. The van der Waals surface area contributed by atoms with Crippen LogP contribution >= 0.6 is 0 Å². The van der Waals surface area contributed by atoms with E-state index in [1.807, 2.05) is 0 Å². The molecule has 0 saturated heterocycles. The minimum atomic E-state index is -0.714. The third kappa shape index (κ3) is 8.01. The summed E-state index contributed by atoms with van der Waals surface area (Å²) < 4.78 is 9.42. The van der Waals surface area contributed by atoms with Gasteiger partial charge in [0.25, 0.3) is 0 Å². The fraction of sp³-hybridized carbons (Fsp3) is 0.545. The van der Waals surface area contributed by atoms with E-state index in [-0.39, 0.29) is 31.6 Å². The fourth-order valence-electron chi connectivity index (χ4n) is 1.16. The van der Waals surface area contributed by atoms with Gasteiger partial charge in [0, 0.05) is 6.08 Å². The van der Waals surface area contributed by atoms with E-state index in [0.717, 1.165) is 6.08 Å². The minimum Gasteiger partial charge on any atom is -0.466 e. The zero-order chi connectivity index (χ0) is 13.3. The first-order valence-corrected chi connectivity index (χ1v) is 5.29. The first-order valence-electron chi connectivity index (χ1n) is 5.29. The molecule has 2 N–H and O–H groups in total. The molecule has 0 aliphatic carbocycles. The zero-order valence-corrected chi connectivity index (χ0v) is 10.0.